The Morgan fingerprint density at radius 3 is 2.75 bits per heavy atom. The molecule has 0 spiro atoms. The molecule has 0 aliphatic carbocycles. The molecule has 0 saturated carbocycles. The van der Waals surface area contributed by atoms with Gasteiger partial charge in [0, 0.05) is 6.07 Å². The Kier molecular flexibility index (Phi) is 6.05. The van der Waals surface area contributed by atoms with E-state index in [1.165, 1.54) is 12.1 Å². The fraction of sp³-hybridized carbons (Fsp3) is 0.400. The number of hydrogen-bond donors (Lipinski definition) is 1. The summed E-state index contributed by atoms with van der Waals surface area (Å²) in [6.07, 6.45) is 0. The molecule has 0 aliphatic heterocycles. The predicted molar refractivity (Wildman–Crippen MR) is 62.5 cm³/mol. The van der Waals surface area contributed by atoms with Gasteiger partial charge in [-0.2, -0.15) is 0 Å². The quantitative estimate of drug-likeness (QED) is 0.648. The third-order valence-electron chi connectivity index (χ3n) is 1.70. The molecule has 16 heavy (non-hydrogen) atoms. The van der Waals surface area contributed by atoms with Crippen LogP contribution in [0.3, 0.4) is 0 Å². The Morgan fingerprint density at radius 2 is 2.06 bits per heavy atom. The first-order valence-electron chi connectivity index (χ1n) is 4.61. The van der Waals surface area contributed by atoms with Crippen molar-refractivity contribution in [3.05, 3.63) is 27.4 Å². The number of hydrogen-bond acceptors (Lipinski definition) is 3. The lowest BCUT2D eigenvalue weighted by atomic mass is 10.3. The zero-order valence-corrected chi connectivity index (χ0v) is 10.7. The van der Waals surface area contributed by atoms with Gasteiger partial charge in [0.15, 0.2) is 0 Å². The van der Waals surface area contributed by atoms with Gasteiger partial charge in [-0.15, -0.1) is 0 Å². The number of aliphatic hydroxyl groups is 1. The van der Waals surface area contributed by atoms with E-state index in [2.05, 4.69) is 15.9 Å². The van der Waals surface area contributed by atoms with Crippen LogP contribution < -0.4 is 4.74 Å². The van der Waals surface area contributed by atoms with E-state index in [4.69, 9.17) is 26.2 Å². The van der Waals surface area contributed by atoms with Gasteiger partial charge in [0.1, 0.15) is 18.2 Å². The monoisotopic (exact) mass is 312 g/mol. The smallest absolute Gasteiger partial charge is 0.145 e. The molecule has 0 radical (unpaired) electrons. The summed E-state index contributed by atoms with van der Waals surface area (Å²) in [5, 5.41) is 8.49. The first-order valence-corrected chi connectivity index (χ1v) is 5.78. The highest BCUT2D eigenvalue weighted by molar-refractivity contribution is 9.10. The number of benzene rings is 1. The summed E-state index contributed by atoms with van der Waals surface area (Å²) in [6.45, 7) is 0.843. The van der Waals surface area contributed by atoms with Crippen LogP contribution in [-0.4, -0.2) is 31.5 Å². The largest absolute Gasteiger partial charge is 0.490 e. The minimum Gasteiger partial charge on any atom is -0.490 e. The van der Waals surface area contributed by atoms with Crippen molar-refractivity contribution in [3.63, 3.8) is 0 Å². The van der Waals surface area contributed by atoms with Gasteiger partial charge in [0.2, 0.25) is 0 Å². The summed E-state index contributed by atoms with van der Waals surface area (Å²) < 4.78 is 23.9. The highest BCUT2D eigenvalue weighted by Crippen LogP contribution is 2.30. The average Bonchev–Trinajstić information content (AvgIpc) is 2.25. The van der Waals surface area contributed by atoms with Crippen LogP contribution in [0, 0.1) is 5.82 Å². The first kappa shape index (κ1) is 13.7. The first-order chi connectivity index (χ1) is 7.65. The molecule has 0 saturated heterocycles. The molecule has 1 N–H and O–H groups in total. The summed E-state index contributed by atoms with van der Waals surface area (Å²) in [7, 11) is 0. The summed E-state index contributed by atoms with van der Waals surface area (Å²) in [5.74, 6) is -0.161. The normalized spacial score (nSPS) is 10.5. The van der Waals surface area contributed by atoms with Gasteiger partial charge in [0.25, 0.3) is 0 Å². The molecular formula is C10H11BrClFO3. The molecule has 0 unspecified atom stereocenters. The fourth-order valence-corrected chi connectivity index (χ4v) is 1.75. The third kappa shape index (κ3) is 4.25. The van der Waals surface area contributed by atoms with E-state index in [-0.39, 0.29) is 24.8 Å². The van der Waals surface area contributed by atoms with Crippen molar-refractivity contribution in [1.29, 1.82) is 0 Å². The molecule has 0 amide bonds. The van der Waals surface area contributed by atoms with Crippen molar-refractivity contribution in [1.82, 2.24) is 0 Å². The SMILES string of the molecule is OCCOCCOc1cc(F)c(Cl)cc1Br. The van der Waals surface area contributed by atoms with Gasteiger partial charge in [-0.05, 0) is 22.0 Å². The van der Waals surface area contributed by atoms with Crippen molar-refractivity contribution >= 4 is 27.5 Å². The van der Waals surface area contributed by atoms with Crippen molar-refractivity contribution in [2.45, 2.75) is 0 Å². The lowest BCUT2D eigenvalue weighted by Crippen LogP contribution is -2.09. The van der Waals surface area contributed by atoms with Gasteiger partial charge >= 0.3 is 0 Å². The number of aliphatic hydroxyl groups excluding tert-OH is 1. The van der Waals surface area contributed by atoms with Gasteiger partial charge in [-0.1, -0.05) is 11.6 Å². The van der Waals surface area contributed by atoms with E-state index >= 15 is 0 Å². The maximum atomic E-state index is 13.1. The molecule has 1 aromatic rings. The topological polar surface area (TPSA) is 38.7 Å². The molecule has 6 heteroatoms. The van der Waals surface area contributed by atoms with Crippen molar-refractivity contribution < 1.29 is 19.0 Å². The summed E-state index contributed by atoms with van der Waals surface area (Å²) in [5.41, 5.74) is 0. The lowest BCUT2D eigenvalue weighted by molar-refractivity contribution is 0.0703. The van der Waals surface area contributed by atoms with Crippen molar-refractivity contribution in [2.24, 2.45) is 0 Å². The molecule has 3 nitrogen and oxygen atoms in total. The minimum absolute atomic E-state index is 0.0285. The van der Waals surface area contributed by atoms with Gasteiger partial charge in [-0.25, -0.2) is 4.39 Å². The standard InChI is InChI=1S/C10H11BrClFO3/c11-7-5-8(12)9(13)6-10(7)16-4-3-15-2-1-14/h5-6,14H,1-4H2. The fourth-order valence-electron chi connectivity index (χ4n) is 0.992. The molecule has 0 bridgehead atoms. The molecule has 1 aromatic carbocycles. The third-order valence-corrected chi connectivity index (χ3v) is 2.61. The summed E-state index contributed by atoms with van der Waals surface area (Å²) in [6, 6.07) is 2.64. The molecule has 0 fully saturated rings. The van der Waals surface area contributed by atoms with E-state index in [9.17, 15) is 4.39 Å². The molecule has 0 atom stereocenters. The maximum Gasteiger partial charge on any atom is 0.145 e. The van der Waals surface area contributed by atoms with Gasteiger partial charge in [0.05, 0.1) is 29.3 Å². The Morgan fingerprint density at radius 1 is 1.31 bits per heavy atom. The van der Waals surface area contributed by atoms with E-state index in [0.29, 0.717) is 16.8 Å². The Bertz CT molecular complexity index is 349. The molecule has 1 rings (SSSR count). The molecule has 90 valence electrons. The van der Waals surface area contributed by atoms with E-state index in [1.54, 1.807) is 0 Å². The van der Waals surface area contributed by atoms with E-state index < -0.39 is 5.82 Å². The second-order valence-electron chi connectivity index (χ2n) is 2.88. The zero-order chi connectivity index (χ0) is 12.0. The zero-order valence-electron chi connectivity index (χ0n) is 8.38. The van der Waals surface area contributed by atoms with Crippen molar-refractivity contribution in [3.8, 4) is 5.75 Å². The molecular weight excluding hydrogens is 302 g/mol. The second kappa shape index (κ2) is 7.06. The van der Waals surface area contributed by atoms with Gasteiger partial charge in [-0.3, -0.25) is 0 Å². The number of rotatable bonds is 6. The average molecular weight is 314 g/mol. The Hall–Kier alpha value is -0.360. The van der Waals surface area contributed by atoms with Crippen LogP contribution in [-0.2, 0) is 4.74 Å². The number of halogens is 3. The van der Waals surface area contributed by atoms with Crippen LogP contribution in [0.25, 0.3) is 0 Å². The van der Waals surface area contributed by atoms with Crippen LogP contribution >= 0.6 is 27.5 Å². The van der Waals surface area contributed by atoms with Crippen molar-refractivity contribution in [2.75, 3.05) is 26.4 Å². The van der Waals surface area contributed by atoms with Crippen LogP contribution in [0.5, 0.6) is 5.75 Å². The highest BCUT2D eigenvalue weighted by atomic mass is 79.9. The molecule has 0 aliphatic rings. The van der Waals surface area contributed by atoms with E-state index in [0.717, 1.165) is 0 Å². The Labute approximate surface area is 106 Å². The maximum absolute atomic E-state index is 13.1. The molecule has 0 heterocycles. The highest BCUT2D eigenvalue weighted by Gasteiger charge is 2.07. The summed E-state index contributed by atoms with van der Waals surface area (Å²) in [4.78, 5) is 0. The van der Waals surface area contributed by atoms with Crippen LogP contribution in [0.1, 0.15) is 0 Å². The van der Waals surface area contributed by atoms with Crippen LogP contribution in [0.2, 0.25) is 5.02 Å². The second-order valence-corrected chi connectivity index (χ2v) is 4.14. The number of ether oxygens (including phenoxy) is 2. The van der Waals surface area contributed by atoms with Gasteiger partial charge < -0.3 is 14.6 Å². The lowest BCUT2D eigenvalue weighted by Gasteiger charge is -2.09. The minimum atomic E-state index is -0.531. The van der Waals surface area contributed by atoms with Crippen LogP contribution in [0.15, 0.2) is 16.6 Å². The Balaban J connectivity index is 2.45. The van der Waals surface area contributed by atoms with E-state index in [1.807, 2.05) is 0 Å². The summed E-state index contributed by atoms with van der Waals surface area (Å²) >= 11 is 8.78. The predicted octanol–water partition coefficient (Wildman–Crippen LogP) is 2.63. The molecule has 0 aromatic heterocycles. The van der Waals surface area contributed by atoms with Crippen LogP contribution in [0.4, 0.5) is 4.39 Å².